The van der Waals surface area contributed by atoms with Gasteiger partial charge in [0.1, 0.15) is 6.07 Å². The van der Waals surface area contributed by atoms with Crippen LogP contribution in [0.1, 0.15) is 18.5 Å². The molecule has 1 aliphatic rings. The van der Waals surface area contributed by atoms with E-state index in [4.69, 9.17) is 16.4 Å². The van der Waals surface area contributed by atoms with Gasteiger partial charge in [0, 0.05) is 12.8 Å². The number of nitrogens with zero attached hydrogens (tertiary/aromatic N) is 3. The normalized spacial score (nSPS) is 16.4. The summed E-state index contributed by atoms with van der Waals surface area (Å²) in [6.07, 6.45) is 9.80. The summed E-state index contributed by atoms with van der Waals surface area (Å²) in [5, 5.41) is 8.58. The summed E-state index contributed by atoms with van der Waals surface area (Å²) in [5.74, 6) is 2.88. The first-order valence-electron chi connectivity index (χ1n) is 4.17. The van der Waals surface area contributed by atoms with Crippen molar-refractivity contribution in [3.63, 3.8) is 0 Å². The van der Waals surface area contributed by atoms with Crippen molar-refractivity contribution < 1.29 is 4.74 Å². The molecule has 1 aromatic rings. The first kappa shape index (κ1) is 8.52. The van der Waals surface area contributed by atoms with Crippen molar-refractivity contribution in [2.45, 2.75) is 18.4 Å². The maximum Gasteiger partial charge on any atom is 0.235 e. The molecule has 0 atom stereocenters. The second kappa shape index (κ2) is 3.01. The van der Waals surface area contributed by atoms with Crippen LogP contribution in [0.2, 0.25) is 0 Å². The minimum atomic E-state index is -0.497. The first-order chi connectivity index (χ1) is 6.78. The quantitative estimate of drug-likeness (QED) is 0.642. The molecule has 0 spiro atoms. The number of hydrogen-bond donors (Lipinski definition) is 0. The molecule has 1 aliphatic carbocycles. The zero-order chi connectivity index (χ0) is 10.0. The molecule has 14 heavy (non-hydrogen) atoms. The fourth-order valence-corrected chi connectivity index (χ4v) is 1.04. The van der Waals surface area contributed by atoms with E-state index in [1.807, 2.05) is 6.07 Å². The van der Waals surface area contributed by atoms with Crippen LogP contribution >= 0.6 is 0 Å². The van der Waals surface area contributed by atoms with Gasteiger partial charge in [-0.1, -0.05) is 5.92 Å². The lowest BCUT2D eigenvalue weighted by Gasteiger charge is -2.09. The molecule has 4 nitrogen and oxygen atoms in total. The zero-order valence-electron chi connectivity index (χ0n) is 7.40. The average molecular weight is 185 g/mol. The monoisotopic (exact) mass is 185 g/mol. The Kier molecular flexibility index (Phi) is 1.83. The smallest absolute Gasteiger partial charge is 0.235 e. The summed E-state index contributed by atoms with van der Waals surface area (Å²) >= 11 is 0. The summed E-state index contributed by atoms with van der Waals surface area (Å²) < 4.78 is 5.44. The number of aromatic nitrogens is 2. The van der Waals surface area contributed by atoms with Crippen LogP contribution in [0.15, 0.2) is 12.4 Å². The molecule has 0 radical (unpaired) electrons. The standard InChI is InChI=1S/C10H7N3O/c1-2-10(3-4-10)14-9-7-12-6-8(5-11)13-9/h1,6-7H,3-4H2. The van der Waals surface area contributed by atoms with Gasteiger partial charge < -0.3 is 4.74 Å². The van der Waals surface area contributed by atoms with Crippen LogP contribution in [0, 0.1) is 23.7 Å². The lowest BCUT2D eigenvalue weighted by Crippen LogP contribution is -2.15. The second-order valence-corrected chi connectivity index (χ2v) is 3.10. The maximum absolute atomic E-state index is 8.58. The summed E-state index contributed by atoms with van der Waals surface area (Å²) in [6, 6.07) is 1.89. The Morgan fingerprint density at radius 2 is 2.29 bits per heavy atom. The Morgan fingerprint density at radius 3 is 2.86 bits per heavy atom. The topological polar surface area (TPSA) is 58.8 Å². The molecule has 0 amide bonds. The molecule has 1 aromatic heterocycles. The van der Waals surface area contributed by atoms with Crippen LogP contribution in [0.3, 0.4) is 0 Å². The van der Waals surface area contributed by atoms with Gasteiger partial charge in [0.2, 0.25) is 5.88 Å². The molecule has 4 heteroatoms. The van der Waals surface area contributed by atoms with Crippen LogP contribution in [0.4, 0.5) is 0 Å². The van der Waals surface area contributed by atoms with E-state index in [2.05, 4.69) is 15.9 Å². The van der Waals surface area contributed by atoms with Crippen molar-refractivity contribution >= 4 is 0 Å². The van der Waals surface area contributed by atoms with Crippen molar-refractivity contribution in [1.29, 1.82) is 5.26 Å². The Morgan fingerprint density at radius 1 is 1.50 bits per heavy atom. The third-order valence-electron chi connectivity index (χ3n) is 1.99. The van der Waals surface area contributed by atoms with Gasteiger partial charge in [0.05, 0.1) is 12.4 Å². The summed E-state index contributed by atoms with van der Waals surface area (Å²) in [4.78, 5) is 7.75. The average Bonchev–Trinajstić information content (AvgIpc) is 2.99. The first-order valence-corrected chi connectivity index (χ1v) is 4.17. The number of ether oxygens (including phenoxy) is 1. The van der Waals surface area contributed by atoms with Crippen LogP contribution in [0.5, 0.6) is 5.88 Å². The Labute approximate surface area is 81.6 Å². The van der Waals surface area contributed by atoms with Gasteiger partial charge in [-0.15, -0.1) is 6.42 Å². The predicted molar refractivity (Wildman–Crippen MR) is 48.2 cm³/mol. The highest BCUT2D eigenvalue weighted by Crippen LogP contribution is 2.38. The van der Waals surface area contributed by atoms with Gasteiger partial charge in [-0.3, -0.25) is 4.98 Å². The highest BCUT2D eigenvalue weighted by Gasteiger charge is 2.44. The Hall–Kier alpha value is -2.07. The van der Waals surface area contributed by atoms with Crippen LogP contribution in [0.25, 0.3) is 0 Å². The zero-order valence-corrected chi connectivity index (χ0v) is 7.40. The van der Waals surface area contributed by atoms with E-state index >= 15 is 0 Å². The van der Waals surface area contributed by atoms with E-state index in [-0.39, 0.29) is 5.69 Å². The summed E-state index contributed by atoms with van der Waals surface area (Å²) in [6.45, 7) is 0. The molecule has 0 aliphatic heterocycles. The molecule has 0 N–H and O–H groups in total. The number of hydrogen-bond acceptors (Lipinski definition) is 4. The predicted octanol–water partition coefficient (Wildman–Crippen LogP) is 0.893. The largest absolute Gasteiger partial charge is 0.457 e. The third-order valence-corrected chi connectivity index (χ3v) is 1.99. The highest BCUT2D eigenvalue weighted by molar-refractivity contribution is 5.25. The molecular weight excluding hydrogens is 178 g/mol. The molecule has 1 saturated carbocycles. The minimum Gasteiger partial charge on any atom is -0.457 e. The fourth-order valence-electron chi connectivity index (χ4n) is 1.04. The molecule has 0 aromatic carbocycles. The SMILES string of the molecule is C#CC1(Oc2cncc(C#N)n2)CC1. The van der Waals surface area contributed by atoms with E-state index < -0.39 is 5.60 Å². The van der Waals surface area contributed by atoms with E-state index in [9.17, 15) is 0 Å². The van der Waals surface area contributed by atoms with Crippen molar-refractivity contribution in [3.8, 4) is 24.3 Å². The second-order valence-electron chi connectivity index (χ2n) is 3.10. The van der Waals surface area contributed by atoms with Gasteiger partial charge in [0.25, 0.3) is 0 Å². The number of nitriles is 1. The molecule has 0 bridgehead atoms. The fraction of sp³-hybridized carbons (Fsp3) is 0.300. The molecular formula is C10H7N3O. The van der Waals surface area contributed by atoms with Crippen LogP contribution < -0.4 is 4.74 Å². The van der Waals surface area contributed by atoms with Crippen molar-refractivity contribution in [3.05, 3.63) is 18.1 Å². The number of terminal acetylenes is 1. The van der Waals surface area contributed by atoms with Crippen molar-refractivity contribution in [1.82, 2.24) is 9.97 Å². The molecule has 1 heterocycles. The highest BCUT2D eigenvalue weighted by atomic mass is 16.5. The van der Waals surface area contributed by atoms with Gasteiger partial charge in [0.15, 0.2) is 11.3 Å². The van der Waals surface area contributed by atoms with Gasteiger partial charge in [-0.25, -0.2) is 0 Å². The van der Waals surface area contributed by atoms with E-state index in [1.165, 1.54) is 12.4 Å². The van der Waals surface area contributed by atoms with Crippen LogP contribution in [-0.4, -0.2) is 15.6 Å². The van der Waals surface area contributed by atoms with E-state index in [1.54, 1.807) is 0 Å². The van der Waals surface area contributed by atoms with Crippen molar-refractivity contribution in [2.24, 2.45) is 0 Å². The minimum absolute atomic E-state index is 0.232. The molecule has 0 unspecified atom stereocenters. The molecule has 68 valence electrons. The molecule has 1 fully saturated rings. The van der Waals surface area contributed by atoms with Gasteiger partial charge in [-0.2, -0.15) is 10.2 Å². The lowest BCUT2D eigenvalue weighted by atomic mass is 10.4. The Bertz CT molecular complexity index is 437. The molecule has 0 saturated heterocycles. The third kappa shape index (κ3) is 1.51. The Balaban J connectivity index is 2.19. The van der Waals surface area contributed by atoms with E-state index in [0.29, 0.717) is 5.88 Å². The summed E-state index contributed by atoms with van der Waals surface area (Å²) in [5.41, 5.74) is -0.265. The maximum atomic E-state index is 8.58. The summed E-state index contributed by atoms with van der Waals surface area (Å²) in [7, 11) is 0. The lowest BCUT2D eigenvalue weighted by molar-refractivity contribution is 0.228. The van der Waals surface area contributed by atoms with Gasteiger partial charge >= 0.3 is 0 Å². The van der Waals surface area contributed by atoms with Crippen molar-refractivity contribution in [2.75, 3.05) is 0 Å². The number of rotatable bonds is 2. The van der Waals surface area contributed by atoms with Gasteiger partial charge in [-0.05, 0) is 0 Å². The van der Waals surface area contributed by atoms with E-state index in [0.717, 1.165) is 12.8 Å². The van der Waals surface area contributed by atoms with Crippen LogP contribution in [-0.2, 0) is 0 Å². The molecule has 2 rings (SSSR count).